The monoisotopic (exact) mass is 291 g/mol. The maximum atomic E-state index is 6.02. The van der Waals surface area contributed by atoms with Gasteiger partial charge in [0.25, 0.3) is 0 Å². The lowest BCUT2D eigenvalue weighted by atomic mass is 9.46. The van der Waals surface area contributed by atoms with Crippen LogP contribution in [0.4, 0.5) is 0 Å². The van der Waals surface area contributed by atoms with Crippen molar-refractivity contribution >= 4 is 5.96 Å². The highest BCUT2D eigenvalue weighted by Crippen LogP contribution is 2.62. The summed E-state index contributed by atoms with van der Waals surface area (Å²) >= 11 is 0. The summed E-state index contributed by atoms with van der Waals surface area (Å²) in [5.74, 6) is 1.85. The molecule has 2 aliphatic carbocycles. The highest BCUT2D eigenvalue weighted by molar-refractivity contribution is 5.81. The first-order valence-electron chi connectivity index (χ1n) is 8.66. The summed E-state index contributed by atoms with van der Waals surface area (Å²) < 4.78 is 6.02. The summed E-state index contributed by atoms with van der Waals surface area (Å²) in [7, 11) is 1.93. The van der Waals surface area contributed by atoms with Crippen LogP contribution in [-0.2, 0) is 4.74 Å². The van der Waals surface area contributed by atoms with Crippen LogP contribution in [0.25, 0.3) is 0 Å². The zero-order chi connectivity index (χ0) is 14.7. The Bertz CT molecular complexity index is 455. The summed E-state index contributed by atoms with van der Waals surface area (Å²) in [4.78, 5) is 7.04. The van der Waals surface area contributed by atoms with Crippen LogP contribution in [0.3, 0.4) is 0 Å². The molecule has 0 bridgehead atoms. The fourth-order valence-corrected chi connectivity index (χ4v) is 5.19. The van der Waals surface area contributed by atoms with Gasteiger partial charge in [0.05, 0.1) is 6.10 Å². The van der Waals surface area contributed by atoms with Crippen molar-refractivity contribution in [2.75, 3.05) is 26.7 Å². The third-order valence-electron chi connectivity index (χ3n) is 6.51. The predicted octanol–water partition coefficient (Wildman–Crippen LogP) is 2.25. The maximum absolute atomic E-state index is 6.02. The Morgan fingerprint density at radius 2 is 2.10 bits per heavy atom. The Kier molecular flexibility index (Phi) is 3.04. The van der Waals surface area contributed by atoms with Crippen LogP contribution < -0.4 is 5.32 Å². The van der Waals surface area contributed by atoms with Gasteiger partial charge in [-0.25, -0.2) is 0 Å². The molecule has 0 aromatic carbocycles. The van der Waals surface area contributed by atoms with E-state index in [1.54, 1.807) is 0 Å². The van der Waals surface area contributed by atoms with Crippen LogP contribution >= 0.6 is 0 Å². The molecular formula is C17H29N3O. The van der Waals surface area contributed by atoms with Crippen molar-refractivity contribution in [1.29, 1.82) is 0 Å². The number of nitrogens with one attached hydrogen (secondary N) is 1. The predicted molar refractivity (Wildman–Crippen MR) is 84.4 cm³/mol. The molecule has 4 fully saturated rings. The van der Waals surface area contributed by atoms with Crippen molar-refractivity contribution in [2.24, 2.45) is 21.7 Å². The highest BCUT2D eigenvalue weighted by Gasteiger charge is 2.66. The van der Waals surface area contributed by atoms with Crippen LogP contribution in [0.1, 0.15) is 46.0 Å². The Hall–Kier alpha value is -0.770. The van der Waals surface area contributed by atoms with Gasteiger partial charge in [0.15, 0.2) is 5.96 Å². The molecule has 0 aromatic rings. The summed E-state index contributed by atoms with van der Waals surface area (Å²) in [6.45, 7) is 7.94. The summed E-state index contributed by atoms with van der Waals surface area (Å²) in [5.41, 5.74) is 0.858. The molecule has 2 heterocycles. The Balaban J connectivity index is 1.47. The molecule has 0 amide bonds. The number of fused-ring (bicyclic) bond motifs is 2. The number of aliphatic imine (C=N–C) groups is 1. The van der Waals surface area contributed by atoms with E-state index in [4.69, 9.17) is 4.74 Å². The first kappa shape index (κ1) is 13.9. The topological polar surface area (TPSA) is 36.9 Å². The van der Waals surface area contributed by atoms with Crippen molar-refractivity contribution in [3.8, 4) is 0 Å². The summed E-state index contributed by atoms with van der Waals surface area (Å²) in [6.07, 6.45) is 7.09. The van der Waals surface area contributed by atoms with E-state index in [0.29, 0.717) is 23.0 Å². The van der Waals surface area contributed by atoms with Gasteiger partial charge in [-0.3, -0.25) is 4.99 Å². The molecule has 1 spiro atoms. The van der Waals surface area contributed by atoms with E-state index in [-0.39, 0.29) is 0 Å². The minimum Gasteiger partial charge on any atom is -0.377 e. The molecule has 0 aromatic heterocycles. The van der Waals surface area contributed by atoms with Gasteiger partial charge in [-0.1, -0.05) is 20.3 Å². The maximum Gasteiger partial charge on any atom is 0.193 e. The normalized spacial score (nSPS) is 39.9. The van der Waals surface area contributed by atoms with Crippen LogP contribution in [-0.4, -0.2) is 49.7 Å². The molecule has 2 saturated heterocycles. The summed E-state index contributed by atoms with van der Waals surface area (Å²) in [6, 6.07) is 0.598. The minimum atomic E-state index is 0.421. The molecular weight excluding hydrogens is 262 g/mol. The Morgan fingerprint density at radius 1 is 1.29 bits per heavy atom. The lowest BCUT2D eigenvalue weighted by Crippen LogP contribution is -2.72. The molecule has 2 aliphatic heterocycles. The van der Waals surface area contributed by atoms with Gasteiger partial charge in [-0.2, -0.15) is 0 Å². The first-order valence-corrected chi connectivity index (χ1v) is 8.66. The first-order chi connectivity index (χ1) is 10.1. The van der Waals surface area contributed by atoms with Gasteiger partial charge >= 0.3 is 0 Å². The van der Waals surface area contributed by atoms with Crippen molar-refractivity contribution < 1.29 is 4.74 Å². The van der Waals surface area contributed by atoms with Gasteiger partial charge < -0.3 is 15.0 Å². The molecule has 3 atom stereocenters. The zero-order valence-corrected chi connectivity index (χ0v) is 13.7. The van der Waals surface area contributed by atoms with Gasteiger partial charge in [0, 0.05) is 44.1 Å². The van der Waals surface area contributed by atoms with E-state index in [9.17, 15) is 0 Å². The molecule has 0 radical (unpaired) electrons. The lowest BCUT2D eigenvalue weighted by Gasteiger charge is -2.63. The van der Waals surface area contributed by atoms with Crippen molar-refractivity contribution in [1.82, 2.24) is 10.2 Å². The molecule has 4 heteroatoms. The summed E-state index contributed by atoms with van der Waals surface area (Å²) in [5, 5.41) is 3.84. The van der Waals surface area contributed by atoms with Crippen molar-refractivity contribution in [3.05, 3.63) is 0 Å². The fraction of sp³-hybridized carbons (Fsp3) is 0.941. The van der Waals surface area contributed by atoms with Crippen LogP contribution in [0.5, 0.6) is 0 Å². The third kappa shape index (κ3) is 1.94. The molecule has 1 N–H and O–H groups in total. The van der Waals surface area contributed by atoms with E-state index >= 15 is 0 Å². The Labute approximate surface area is 128 Å². The number of rotatable bonds is 1. The molecule has 4 nitrogen and oxygen atoms in total. The lowest BCUT2D eigenvalue weighted by molar-refractivity contribution is -0.171. The standard InChI is InChI=1S/C17H29N3O/c1-16(2)8-9-20(11-16)15(18-3)19-13-12-5-10-21-14(12)17(13)6-4-7-17/h12-14H,4-11H2,1-3H3,(H,18,19). The van der Waals surface area contributed by atoms with Crippen LogP contribution in [0.15, 0.2) is 4.99 Å². The average Bonchev–Trinajstić information content (AvgIpc) is 2.94. The van der Waals surface area contributed by atoms with E-state index in [0.717, 1.165) is 31.6 Å². The number of ether oxygens (including phenoxy) is 1. The second-order valence-electron chi connectivity index (χ2n) is 8.34. The molecule has 3 unspecified atom stereocenters. The number of hydrogen-bond acceptors (Lipinski definition) is 2. The van der Waals surface area contributed by atoms with Crippen LogP contribution in [0, 0.1) is 16.7 Å². The second kappa shape index (κ2) is 4.61. The average molecular weight is 291 g/mol. The van der Waals surface area contributed by atoms with E-state index in [1.807, 2.05) is 7.05 Å². The third-order valence-corrected chi connectivity index (χ3v) is 6.51. The molecule has 118 valence electrons. The smallest absolute Gasteiger partial charge is 0.193 e. The van der Waals surface area contributed by atoms with Gasteiger partial charge in [0.2, 0.25) is 0 Å². The zero-order valence-electron chi connectivity index (χ0n) is 13.7. The van der Waals surface area contributed by atoms with Gasteiger partial charge in [0.1, 0.15) is 0 Å². The number of likely N-dealkylation sites (tertiary alicyclic amines) is 1. The quantitative estimate of drug-likeness (QED) is 0.595. The number of guanidine groups is 1. The number of hydrogen-bond donors (Lipinski definition) is 1. The van der Waals surface area contributed by atoms with E-state index in [2.05, 4.69) is 29.1 Å². The van der Waals surface area contributed by atoms with Crippen molar-refractivity contribution in [3.63, 3.8) is 0 Å². The molecule has 4 aliphatic rings. The SMILES string of the molecule is CN=C(NC1C2CCOC2C12CCC2)N1CCC(C)(C)C1. The Morgan fingerprint density at radius 3 is 2.67 bits per heavy atom. The van der Waals surface area contributed by atoms with Gasteiger partial charge in [-0.15, -0.1) is 0 Å². The minimum absolute atomic E-state index is 0.421. The molecule has 2 saturated carbocycles. The molecule has 4 rings (SSSR count). The fourth-order valence-electron chi connectivity index (χ4n) is 5.19. The number of nitrogens with zero attached hydrogens (tertiary/aromatic N) is 2. The van der Waals surface area contributed by atoms with Gasteiger partial charge in [-0.05, 0) is 31.1 Å². The van der Waals surface area contributed by atoms with Crippen LogP contribution in [0.2, 0.25) is 0 Å². The second-order valence-corrected chi connectivity index (χ2v) is 8.34. The highest BCUT2D eigenvalue weighted by atomic mass is 16.5. The largest absolute Gasteiger partial charge is 0.377 e. The molecule has 21 heavy (non-hydrogen) atoms. The van der Waals surface area contributed by atoms with E-state index in [1.165, 1.54) is 32.1 Å². The van der Waals surface area contributed by atoms with E-state index < -0.39 is 0 Å². The van der Waals surface area contributed by atoms with Crippen molar-refractivity contribution in [2.45, 2.75) is 58.1 Å².